The van der Waals surface area contributed by atoms with E-state index in [4.69, 9.17) is 4.74 Å². The van der Waals surface area contributed by atoms with E-state index in [9.17, 15) is 8.42 Å². The molecule has 1 N–H and O–H groups in total. The topological polar surface area (TPSA) is 58.6 Å². The molecule has 1 atom stereocenters. The van der Waals surface area contributed by atoms with E-state index >= 15 is 0 Å². The first-order valence-corrected chi connectivity index (χ1v) is 10.5. The Morgan fingerprint density at radius 2 is 1.69 bits per heavy atom. The molecule has 0 radical (unpaired) electrons. The van der Waals surface area contributed by atoms with E-state index in [0.717, 1.165) is 35.1 Å². The molecule has 2 aromatic rings. The molecule has 26 heavy (non-hydrogen) atoms. The number of nitrogens with zero attached hydrogens (tertiary/aromatic N) is 1. The van der Waals surface area contributed by atoms with Crippen LogP contribution in [0.4, 0.5) is 0 Å². The van der Waals surface area contributed by atoms with Crippen molar-refractivity contribution >= 4 is 10.2 Å². The van der Waals surface area contributed by atoms with Crippen molar-refractivity contribution in [2.45, 2.75) is 18.9 Å². The lowest BCUT2D eigenvalue weighted by atomic mass is 10.0. The van der Waals surface area contributed by atoms with Crippen LogP contribution < -0.4 is 4.72 Å². The zero-order valence-corrected chi connectivity index (χ0v) is 15.7. The summed E-state index contributed by atoms with van der Waals surface area (Å²) in [5.41, 5.74) is 4.24. The molecule has 0 aromatic heterocycles. The largest absolute Gasteiger partial charge is 0.384 e. The van der Waals surface area contributed by atoms with Crippen LogP contribution in [0.5, 0.6) is 0 Å². The fourth-order valence-corrected chi connectivity index (χ4v) is 5.60. The molecule has 1 unspecified atom stereocenters. The summed E-state index contributed by atoms with van der Waals surface area (Å²) in [6, 6.07) is 15.7. The van der Waals surface area contributed by atoms with Gasteiger partial charge in [-0.3, -0.25) is 0 Å². The van der Waals surface area contributed by atoms with Crippen LogP contribution in [0.2, 0.25) is 0 Å². The van der Waals surface area contributed by atoms with Gasteiger partial charge < -0.3 is 4.74 Å². The van der Waals surface area contributed by atoms with Crippen molar-refractivity contribution in [1.29, 1.82) is 0 Å². The summed E-state index contributed by atoms with van der Waals surface area (Å²) in [6.07, 6.45) is 1.88. The quantitative estimate of drug-likeness (QED) is 0.878. The monoisotopic (exact) mass is 372 g/mol. The van der Waals surface area contributed by atoms with Crippen LogP contribution in [0, 0.1) is 5.92 Å². The van der Waals surface area contributed by atoms with Gasteiger partial charge in [-0.25, -0.2) is 0 Å². The van der Waals surface area contributed by atoms with E-state index < -0.39 is 10.2 Å². The lowest BCUT2D eigenvalue weighted by Gasteiger charge is -2.32. The zero-order valence-electron chi connectivity index (χ0n) is 14.9. The van der Waals surface area contributed by atoms with Crippen molar-refractivity contribution in [3.05, 3.63) is 59.7 Å². The predicted molar refractivity (Wildman–Crippen MR) is 102 cm³/mol. The molecule has 1 aliphatic heterocycles. The minimum atomic E-state index is -3.58. The molecule has 4 rings (SSSR count). The number of fused-ring (bicyclic) bond motifs is 3. The maximum absolute atomic E-state index is 13.1. The van der Waals surface area contributed by atoms with Crippen LogP contribution in [-0.2, 0) is 14.9 Å². The Morgan fingerprint density at radius 3 is 2.31 bits per heavy atom. The van der Waals surface area contributed by atoms with Crippen molar-refractivity contribution in [2.24, 2.45) is 5.92 Å². The van der Waals surface area contributed by atoms with Gasteiger partial charge in [-0.05, 0) is 41.0 Å². The van der Waals surface area contributed by atoms with E-state index in [1.54, 1.807) is 11.4 Å². The number of ether oxygens (including phenoxy) is 1. The van der Waals surface area contributed by atoms with Crippen molar-refractivity contribution in [2.75, 3.05) is 26.8 Å². The molecule has 0 amide bonds. The normalized spacial score (nSPS) is 20.7. The summed E-state index contributed by atoms with van der Waals surface area (Å²) in [7, 11) is -1.91. The fourth-order valence-electron chi connectivity index (χ4n) is 4.12. The highest BCUT2D eigenvalue weighted by Gasteiger charge is 2.35. The molecular formula is C20H24N2O3S. The van der Waals surface area contributed by atoms with Gasteiger partial charge in [0.25, 0.3) is 10.2 Å². The number of nitrogens with one attached hydrogen (secondary N) is 1. The van der Waals surface area contributed by atoms with E-state index in [1.165, 1.54) is 0 Å². The van der Waals surface area contributed by atoms with Crippen LogP contribution in [0.1, 0.15) is 30.0 Å². The van der Waals surface area contributed by atoms with Crippen molar-refractivity contribution < 1.29 is 13.2 Å². The second kappa shape index (κ2) is 7.12. The number of methoxy groups -OCH3 is 1. The molecule has 1 aliphatic carbocycles. The smallest absolute Gasteiger partial charge is 0.280 e. The molecule has 1 fully saturated rings. The lowest BCUT2D eigenvalue weighted by molar-refractivity contribution is 0.118. The third-order valence-electron chi connectivity index (χ3n) is 5.32. The molecule has 0 bridgehead atoms. The number of rotatable bonds is 5. The number of hydrogen-bond acceptors (Lipinski definition) is 3. The second-order valence-electron chi connectivity index (χ2n) is 7.05. The van der Waals surface area contributed by atoms with Crippen LogP contribution in [0.25, 0.3) is 11.1 Å². The predicted octanol–water partition coefficient (Wildman–Crippen LogP) is 2.95. The number of piperidine rings is 1. The molecule has 1 heterocycles. The Hall–Kier alpha value is -1.73. The van der Waals surface area contributed by atoms with E-state index in [2.05, 4.69) is 16.9 Å². The molecular weight excluding hydrogens is 348 g/mol. The molecule has 0 saturated carbocycles. The lowest BCUT2D eigenvalue weighted by Crippen LogP contribution is -2.47. The molecule has 6 heteroatoms. The first-order chi connectivity index (χ1) is 12.6. The van der Waals surface area contributed by atoms with Crippen LogP contribution >= 0.6 is 0 Å². The third kappa shape index (κ3) is 3.18. The maximum Gasteiger partial charge on any atom is 0.280 e. The van der Waals surface area contributed by atoms with Crippen LogP contribution in [-0.4, -0.2) is 39.5 Å². The van der Waals surface area contributed by atoms with Gasteiger partial charge in [0.1, 0.15) is 0 Å². The molecule has 2 aliphatic rings. The first-order valence-electron chi connectivity index (χ1n) is 9.04. The Balaban J connectivity index is 1.62. The minimum absolute atomic E-state index is 0.258. The SMILES string of the molecule is COCC1CCCN(S(=O)(=O)NC2c3ccccc3-c3ccccc32)C1. The summed E-state index contributed by atoms with van der Waals surface area (Å²) in [5.74, 6) is 0.258. The van der Waals surface area contributed by atoms with Gasteiger partial charge >= 0.3 is 0 Å². The van der Waals surface area contributed by atoms with Crippen molar-refractivity contribution in [3.8, 4) is 11.1 Å². The van der Waals surface area contributed by atoms with Gasteiger partial charge in [-0.2, -0.15) is 17.4 Å². The Labute approximate surface area is 155 Å². The molecule has 138 valence electrons. The van der Waals surface area contributed by atoms with E-state index in [-0.39, 0.29) is 12.0 Å². The Kier molecular flexibility index (Phi) is 4.84. The number of benzene rings is 2. The summed E-state index contributed by atoms with van der Waals surface area (Å²) in [4.78, 5) is 0. The molecule has 5 nitrogen and oxygen atoms in total. The summed E-state index contributed by atoms with van der Waals surface area (Å²) < 4.78 is 35.9. The highest BCUT2D eigenvalue weighted by Crippen LogP contribution is 2.43. The van der Waals surface area contributed by atoms with E-state index in [1.807, 2.05) is 36.4 Å². The molecule has 2 aromatic carbocycles. The first kappa shape index (κ1) is 17.7. The van der Waals surface area contributed by atoms with Crippen molar-refractivity contribution in [3.63, 3.8) is 0 Å². The minimum Gasteiger partial charge on any atom is -0.384 e. The Bertz CT molecular complexity index is 850. The fraction of sp³-hybridized carbons (Fsp3) is 0.400. The zero-order chi connectivity index (χ0) is 18.1. The van der Waals surface area contributed by atoms with Gasteiger partial charge in [0.05, 0.1) is 12.6 Å². The average molecular weight is 372 g/mol. The average Bonchev–Trinajstić information content (AvgIpc) is 2.96. The van der Waals surface area contributed by atoms with Crippen LogP contribution in [0.15, 0.2) is 48.5 Å². The Morgan fingerprint density at radius 1 is 1.08 bits per heavy atom. The standard InChI is InChI=1S/C20H24N2O3S/c1-25-14-15-7-6-12-22(13-15)26(23,24)21-20-18-10-4-2-8-16(18)17-9-3-5-11-19(17)20/h2-5,8-11,15,20-21H,6-7,12-14H2,1H3. The van der Waals surface area contributed by atoms with Gasteiger partial charge in [0, 0.05) is 20.2 Å². The third-order valence-corrected chi connectivity index (χ3v) is 6.87. The number of hydrogen-bond donors (Lipinski definition) is 1. The highest BCUT2D eigenvalue weighted by atomic mass is 32.2. The van der Waals surface area contributed by atoms with Gasteiger partial charge in [0.15, 0.2) is 0 Å². The molecule has 1 saturated heterocycles. The summed E-state index contributed by atoms with van der Waals surface area (Å²) in [6.45, 7) is 1.67. The maximum atomic E-state index is 13.1. The summed E-state index contributed by atoms with van der Waals surface area (Å²) in [5, 5.41) is 0. The summed E-state index contributed by atoms with van der Waals surface area (Å²) >= 11 is 0. The van der Waals surface area contributed by atoms with Crippen LogP contribution in [0.3, 0.4) is 0 Å². The highest BCUT2D eigenvalue weighted by molar-refractivity contribution is 7.87. The van der Waals surface area contributed by atoms with Gasteiger partial charge in [-0.1, -0.05) is 48.5 Å². The van der Waals surface area contributed by atoms with Crippen molar-refractivity contribution in [1.82, 2.24) is 9.03 Å². The van der Waals surface area contributed by atoms with E-state index in [0.29, 0.717) is 19.7 Å². The second-order valence-corrected chi connectivity index (χ2v) is 8.75. The van der Waals surface area contributed by atoms with Gasteiger partial charge in [0.2, 0.25) is 0 Å². The van der Waals surface area contributed by atoms with Gasteiger partial charge in [-0.15, -0.1) is 0 Å². The molecule has 0 spiro atoms.